The molecule has 0 atom stereocenters. The maximum atomic E-state index is 8.41. The third kappa shape index (κ3) is 9.58. The predicted octanol–water partition coefficient (Wildman–Crippen LogP) is -0.277. The standard InChI is InChI=1S/C6H15N3OS/c7-6(8)9-3-1-2-4-11-5-10/h10H,1-5H2,(H4,7,8,9). The molecule has 5 heteroatoms. The molecule has 0 radical (unpaired) electrons. The first-order valence-electron chi connectivity index (χ1n) is 3.51. The van der Waals surface area contributed by atoms with Crippen LogP contribution < -0.4 is 11.5 Å². The number of aliphatic imine (C=N–C) groups is 1. The number of aliphatic hydroxyl groups is 1. The molecule has 66 valence electrons. The number of hydrogen-bond acceptors (Lipinski definition) is 3. The molecule has 0 heterocycles. The maximum absolute atomic E-state index is 8.41. The lowest BCUT2D eigenvalue weighted by molar-refractivity contribution is 0.375. The summed E-state index contributed by atoms with van der Waals surface area (Å²) in [5, 5.41) is 8.41. The average molecular weight is 177 g/mol. The number of unbranched alkanes of at least 4 members (excludes halogenated alkanes) is 1. The van der Waals surface area contributed by atoms with Gasteiger partial charge in [-0.3, -0.25) is 4.99 Å². The van der Waals surface area contributed by atoms with E-state index < -0.39 is 0 Å². The van der Waals surface area contributed by atoms with Gasteiger partial charge in [0.1, 0.15) is 0 Å². The van der Waals surface area contributed by atoms with E-state index in [1.54, 1.807) is 0 Å². The third-order valence-corrected chi connectivity index (χ3v) is 1.84. The van der Waals surface area contributed by atoms with Crippen LogP contribution in [0.25, 0.3) is 0 Å². The zero-order valence-electron chi connectivity index (χ0n) is 6.49. The van der Waals surface area contributed by atoms with Crippen LogP contribution in [0.2, 0.25) is 0 Å². The lowest BCUT2D eigenvalue weighted by Crippen LogP contribution is -2.22. The molecule has 5 N–H and O–H groups in total. The second-order valence-corrected chi connectivity index (χ2v) is 3.13. The minimum absolute atomic E-state index is 0.153. The highest BCUT2D eigenvalue weighted by atomic mass is 32.2. The predicted molar refractivity (Wildman–Crippen MR) is 49.5 cm³/mol. The van der Waals surface area contributed by atoms with Gasteiger partial charge in [-0.2, -0.15) is 0 Å². The van der Waals surface area contributed by atoms with E-state index >= 15 is 0 Å². The van der Waals surface area contributed by atoms with Crippen molar-refractivity contribution in [1.29, 1.82) is 0 Å². The van der Waals surface area contributed by atoms with E-state index in [1.807, 2.05) is 0 Å². The summed E-state index contributed by atoms with van der Waals surface area (Å²) in [6, 6.07) is 0. The van der Waals surface area contributed by atoms with E-state index in [4.69, 9.17) is 16.6 Å². The van der Waals surface area contributed by atoms with E-state index in [1.165, 1.54) is 11.8 Å². The first-order chi connectivity index (χ1) is 5.27. The van der Waals surface area contributed by atoms with E-state index in [2.05, 4.69) is 4.99 Å². The molecule has 0 spiro atoms. The second kappa shape index (κ2) is 7.68. The molecule has 0 rings (SSSR count). The highest BCUT2D eigenvalue weighted by Crippen LogP contribution is 2.01. The monoisotopic (exact) mass is 177 g/mol. The van der Waals surface area contributed by atoms with Gasteiger partial charge in [0.2, 0.25) is 0 Å². The molecule has 0 fully saturated rings. The number of nitrogens with two attached hydrogens (primary N) is 2. The van der Waals surface area contributed by atoms with Gasteiger partial charge in [-0.25, -0.2) is 0 Å². The molecular formula is C6H15N3OS. The highest BCUT2D eigenvalue weighted by Gasteiger charge is 1.87. The second-order valence-electron chi connectivity index (χ2n) is 2.05. The molecule has 0 saturated carbocycles. The van der Waals surface area contributed by atoms with Gasteiger partial charge >= 0.3 is 0 Å². The molecule has 0 aliphatic heterocycles. The summed E-state index contributed by atoms with van der Waals surface area (Å²) in [7, 11) is 0. The van der Waals surface area contributed by atoms with Crippen molar-refractivity contribution < 1.29 is 5.11 Å². The zero-order chi connectivity index (χ0) is 8.53. The molecule has 4 nitrogen and oxygen atoms in total. The molecule has 0 aromatic rings. The zero-order valence-corrected chi connectivity index (χ0v) is 7.31. The molecule has 0 aliphatic rings. The molecule has 0 aliphatic carbocycles. The van der Waals surface area contributed by atoms with Crippen LogP contribution in [-0.2, 0) is 0 Å². The van der Waals surface area contributed by atoms with Crippen LogP contribution in [0.3, 0.4) is 0 Å². The summed E-state index contributed by atoms with van der Waals surface area (Å²) < 4.78 is 0. The summed E-state index contributed by atoms with van der Waals surface area (Å²) in [4.78, 5) is 3.82. The first-order valence-corrected chi connectivity index (χ1v) is 4.67. The van der Waals surface area contributed by atoms with Gasteiger partial charge in [0.05, 0.1) is 5.94 Å². The third-order valence-electron chi connectivity index (χ3n) is 1.08. The summed E-state index contributed by atoms with van der Waals surface area (Å²) in [5.41, 5.74) is 10.2. The van der Waals surface area contributed by atoms with Crippen molar-refractivity contribution in [3.8, 4) is 0 Å². The lowest BCUT2D eigenvalue weighted by Gasteiger charge is -1.96. The number of thioether (sulfide) groups is 1. The molecule has 0 bridgehead atoms. The summed E-state index contributed by atoms with van der Waals surface area (Å²) in [6.45, 7) is 0.689. The van der Waals surface area contributed by atoms with E-state index in [0.717, 1.165) is 18.6 Å². The van der Waals surface area contributed by atoms with Gasteiger partial charge in [-0.05, 0) is 18.6 Å². The van der Waals surface area contributed by atoms with E-state index in [0.29, 0.717) is 6.54 Å². The Morgan fingerprint density at radius 1 is 1.36 bits per heavy atom. The smallest absolute Gasteiger partial charge is 0.185 e. The SMILES string of the molecule is NC(N)=NCCCCSCO. The van der Waals surface area contributed by atoms with E-state index in [9.17, 15) is 0 Å². The van der Waals surface area contributed by atoms with Gasteiger partial charge in [-0.15, -0.1) is 11.8 Å². The minimum Gasteiger partial charge on any atom is -0.386 e. The molecule has 0 aromatic heterocycles. The van der Waals surface area contributed by atoms with Gasteiger partial charge in [0.25, 0.3) is 0 Å². The largest absolute Gasteiger partial charge is 0.386 e. The van der Waals surface area contributed by atoms with Crippen LogP contribution in [-0.4, -0.2) is 29.3 Å². The van der Waals surface area contributed by atoms with Gasteiger partial charge in [-0.1, -0.05) is 0 Å². The van der Waals surface area contributed by atoms with Crippen molar-refractivity contribution in [3.05, 3.63) is 0 Å². The fourth-order valence-electron chi connectivity index (χ4n) is 0.589. The quantitative estimate of drug-likeness (QED) is 0.225. The normalized spacial score (nSPS) is 9.55. The fourth-order valence-corrected chi connectivity index (χ4v) is 1.13. The topological polar surface area (TPSA) is 84.6 Å². The molecule has 11 heavy (non-hydrogen) atoms. The number of aliphatic hydroxyl groups excluding tert-OH is 1. The number of rotatable bonds is 6. The fraction of sp³-hybridized carbons (Fsp3) is 0.833. The van der Waals surface area contributed by atoms with Crippen LogP contribution >= 0.6 is 11.8 Å². The Morgan fingerprint density at radius 3 is 2.64 bits per heavy atom. The molecule has 0 amide bonds. The molecule has 0 saturated heterocycles. The van der Waals surface area contributed by atoms with Crippen molar-refractivity contribution in [2.75, 3.05) is 18.2 Å². The summed E-state index contributed by atoms with van der Waals surface area (Å²) in [6.07, 6.45) is 2.02. The van der Waals surface area contributed by atoms with Crippen LogP contribution in [0.15, 0.2) is 4.99 Å². The van der Waals surface area contributed by atoms with Crippen molar-refractivity contribution in [2.45, 2.75) is 12.8 Å². The van der Waals surface area contributed by atoms with Crippen LogP contribution in [0, 0.1) is 0 Å². The lowest BCUT2D eigenvalue weighted by atomic mass is 10.3. The Balaban J connectivity index is 2.97. The number of hydrogen-bond donors (Lipinski definition) is 3. The van der Waals surface area contributed by atoms with Crippen molar-refractivity contribution >= 4 is 17.7 Å². The molecular weight excluding hydrogens is 162 g/mol. The summed E-state index contributed by atoms with van der Waals surface area (Å²) >= 11 is 1.51. The Bertz CT molecular complexity index is 114. The van der Waals surface area contributed by atoms with Crippen LogP contribution in [0.1, 0.15) is 12.8 Å². The summed E-state index contributed by atoms with van der Waals surface area (Å²) in [5.74, 6) is 1.32. The molecule has 0 aromatic carbocycles. The van der Waals surface area contributed by atoms with Gasteiger partial charge in [0.15, 0.2) is 5.96 Å². The Labute approximate surface area is 71.1 Å². The van der Waals surface area contributed by atoms with Crippen LogP contribution in [0.5, 0.6) is 0 Å². The van der Waals surface area contributed by atoms with Crippen molar-refractivity contribution in [1.82, 2.24) is 0 Å². The van der Waals surface area contributed by atoms with Crippen LogP contribution in [0.4, 0.5) is 0 Å². The minimum atomic E-state index is 0.153. The van der Waals surface area contributed by atoms with Crippen molar-refractivity contribution in [3.63, 3.8) is 0 Å². The Kier molecular flexibility index (Phi) is 7.39. The van der Waals surface area contributed by atoms with Gasteiger partial charge in [0, 0.05) is 6.54 Å². The van der Waals surface area contributed by atoms with Gasteiger partial charge < -0.3 is 16.6 Å². The number of nitrogens with zero attached hydrogens (tertiary/aromatic N) is 1. The van der Waals surface area contributed by atoms with Crippen molar-refractivity contribution in [2.24, 2.45) is 16.5 Å². The maximum Gasteiger partial charge on any atom is 0.185 e. The Morgan fingerprint density at radius 2 is 2.09 bits per heavy atom. The molecule has 0 unspecified atom stereocenters. The number of guanidine groups is 1. The first kappa shape index (κ1) is 10.6. The Hall–Kier alpha value is -0.420. The van der Waals surface area contributed by atoms with E-state index in [-0.39, 0.29) is 11.9 Å². The highest BCUT2D eigenvalue weighted by molar-refractivity contribution is 7.99. The average Bonchev–Trinajstić information content (AvgIpc) is 1.96.